The lowest BCUT2D eigenvalue weighted by molar-refractivity contribution is 0.588. The van der Waals surface area contributed by atoms with E-state index in [1.54, 1.807) is 0 Å². The van der Waals surface area contributed by atoms with Crippen molar-refractivity contribution in [1.29, 1.82) is 0 Å². The van der Waals surface area contributed by atoms with Crippen LogP contribution in [-0.2, 0) is 19.9 Å². The Morgan fingerprint density at radius 3 is 2.78 bits per heavy atom. The number of aromatic nitrogens is 2. The smallest absolute Gasteiger partial charge is 0.108 e. The SMILES string of the molecule is Cc1ccccc1CC(N)CCc1nccn1C. The van der Waals surface area contributed by atoms with Crippen LogP contribution in [0, 0.1) is 6.92 Å². The average molecular weight is 243 g/mol. The van der Waals surface area contributed by atoms with E-state index in [1.807, 2.05) is 19.4 Å². The van der Waals surface area contributed by atoms with Crippen molar-refractivity contribution in [2.75, 3.05) is 0 Å². The van der Waals surface area contributed by atoms with Gasteiger partial charge in [-0.05, 0) is 30.9 Å². The van der Waals surface area contributed by atoms with Crippen molar-refractivity contribution >= 4 is 0 Å². The van der Waals surface area contributed by atoms with Crippen LogP contribution in [0.3, 0.4) is 0 Å². The summed E-state index contributed by atoms with van der Waals surface area (Å²) >= 11 is 0. The Labute approximate surface area is 109 Å². The number of hydrogen-bond donors (Lipinski definition) is 1. The standard InChI is InChI=1S/C15H21N3/c1-12-5-3-4-6-13(12)11-14(16)7-8-15-17-9-10-18(15)2/h3-6,9-10,14H,7-8,11,16H2,1-2H3. The van der Waals surface area contributed by atoms with Crippen molar-refractivity contribution in [3.8, 4) is 0 Å². The van der Waals surface area contributed by atoms with E-state index in [2.05, 4.69) is 40.7 Å². The van der Waals surface area contributed by atoms with Crippen LogP contribution in [0.1, 0.15) is 23.4 Å². The van der Waals surface area contributed by atoms with Crippen molar-refractivity contribution in [2.45, 2.75) is 32.2 Å². The molecule has 1 heterocycles. The van der Waals surface area contributed by atoms with E-state index in [1.165, 1.54) is 11.1 Å². The highest BCUT2D eigenvalue weighted by atomic mass is 15.0. The summed E-state index contributed by atoms with van der Waals surface area (Å²) in [4.78, 5) is 4.32. The first-order valence-electron chi connectivity index (χ1n) is 6.43. The number of rotatable bonds is 5. The Bertz CT molecular complexity index is 502. The zero-order valence-electron chi connectivity index (χ0n) is 11.1. The second-order valence-corrected chi connectivity index (χ2v) is 4.88. The molecule has 3 heteroatoms. The van der Waals surface area contributed by atoms with E-state index in [0.29, 0.717) is 0 Å². The molecule has 0 radical (unpaired) electrons. The highest BCUT2D eigenvalue weighted by Crippen LogP contribution is 2.11. The largest absolute Gasteiger partial charge is 0.338 e. The number of imidazole rings is 1. The summed E-state index contributed by atoms with van der Waals surface area (Å²) in [5, 5.41) is 0. The van der Waals surface area contributed by atoms with Gasteiger partial charge >= 0.3 is 0 Å². The summed E-state index contributed by atoms with van der Waals surface area (Å²) in [6.45, 7) is 2.14. The highest BCUT2D eigenvalue weighted by molar-refractivity contribution is 5.26. The molecule has 0 amide bonds. The summed E-state index contributed by atoms with van der Waals surface area (Å²) in [6, 6.07) is 8.64. The summed E-state index contributed by atoms with van der Waals surface area (Å²) in [5.41, 5.74) is 8.88. The molecule has 1 unspecified atom stereocenters. The van der Waals surface area contributed by atoms with E-state index < -0.39 is 0 Å². The van der Waals surface area contributed by atoms with Crippen molar-refractivity contribution in [3.63, 3.8) is 0 Å². The zero-order chi connectivity index (χ0) is 13.0. The van der Waals surface area contributed by atoms with Crippen LogP contribution in [0.2, 0.25) is 0 Å². The van der Waals surface area contributed by atoms with Gasteiger partial charge in [-0.15, -0.1) is 0 Å². The first-order chi connectivity index (χ1) is 8.66. The molecule has 1 atom stereocenters. The van der Waals surface area contributed by atoms with Gasteiger partial charge in [0.25, 0.3) is 0 Å². The number of aryl methyl sites for hydroxylation is 3. The molecule has 0 saturated heterocycles. The second kappa shape index (κ2) is 5.83. The van der Waals surface area contributed by atoms with E-state index in [4.69, 9.17) is 5.73 Å². The van der Waals surface area contributed by atoms with Crippen LogP contribution < -0.4 is 5.73 Å². The van der Waals surface area contributed by atoms with Crippen LogP contribution >= 0.6 is 0 Å². The van der Waals surface area contributed by atoms with Crippen LogP contribution in [0.15, 0.2) is 36.7 Å². The van der Waals surface area contributed by atoms with Crippen molar-refractivity contribution in [3.05, 3.63) is 53.6 Å². The fourth-order valence-electron chi connectivity index (χ4n) is 2.18. The lowest BCUT2D eigenvalue weighted by Crippen LogP contribution is -2.24. The fourth-order valence-corrected chi connectivity index (χ4v) is 2.18. The van der Waals surface area contributed by atoms with Gasteiger partial charge in [0.05, 0.1) is 0 Å². The van der Waals surface area contributed by atoms with Gasteiger partial charge in [-0.25, -0.2) is 4.98 Å². The van der Waals surface area contributed by atoms with E-state index in [0.717, 1.165) is 25.1 Å². The molecule has 0 bridgehead atoms. The Morgan fingerprint density at radius 2 is 2.11 bits per heavy atom. The monoisotopic (exact) mass is 243 g/mol. The Morgan fingerprint density at radius 1 is 1.33 bits per heavy atom. The van der Waals surface area contributed by atoms with Gasteiger partial charge in [-0.2, -0.15) is 0 Å². The lowest BCUT2D eigenvalue weighted by atomic mass is 9.99. The molecule has 96 valence electrons. The lowest BCUT2D eigenvalue weighted by Gasteiger charge is -2.13. The molecule has 1 aromatic heterocycles. The molecule has 0 saturated carbocycles. The molecule has 0 aliphatic carbocycles. The van der Waals surface area contributed by atoms with Gasteiger partial charge in [0.1, 0.15) is 5.82 Å². The maximum absolute atomic E-state index is 6.20. The van der Waals surface area contributed by atoms with Gasteiger partial charge in [0.15, 0.2) is 0 Å². The minimum Gasteiger partial charge on any atom is -0.338 e. The average Bonchev–Trinajstić information content (AvgIpc) is 2.75. The normalized spacial score (nSPS) is 12.6. The molecule has 18 heavy (non-hydrogen) atoms. The maximum atomic E-state index is 6.20. The van der Waals surface area contributed by atoms with Gasteiger partial charge in [0.2, 0.25) is 0 Å². The van der Waals surface area contributed by atoms with E-state index in [-0.39, 0.29) is 6.04 Å². The van der Waals surface area contributed by atoms with Crippen molar-refractivity contribution in [2.24, 2.45) is 12.8 Å². The molecule has 0 aliphatic heterocycles. The molecule has 1 aromatic carbocycles. The summed E-state index contributed by atoms with van der Waals surface area (Å²) in [5.74, 6) is 1.11. The molecule has 0 spiro atoms. The van der Waals surface area contributed by atoms with E-state index in [9.17, 15) is 0 Å². The molecule has 3 nitrogen and oxygen atoms in total. The third-order valence-corrected chi connectivity index (χ3v) is 3.40. The Hall–Kier alpha value is -1.61. The third kappa shape index (κ3) is 3.20. The minimum absolute atomic E-state index is 0.197. The summed E-state index contributed by atoms with van der Waals surface area (Å²) < 4.78 is 2.06. The number of benzene rings is 1. The van der Waals surface area contributed by atoms with Crippen molar-refractivity contribution < 1.29 is 0 Å². The topological polar surface area (TPSA) is 43.8 Å². The van der Waals surface area contributed by atoms with Gasteiger partial charge in [-0.1, -0.05) is 24.3 Å². The molecule has 0 fully saturated rings. The maximum Gasteiger partial charge on any atom is 0.108 e. The summed E-state index contributed by atoms with van der Waals surface area (Å²) in [7, 11) is 2.02. The quantitative estimate of drug-likeness (QED) is 0.875. The fraction of sp³-hybridized carbons (Fsp3) is 0.400. The molecule has 2 rings (SSSR count). The Balaban J connectivity index is 1.88. The molecular weight excluding hydrogens is 222 g/mol. The second-order valence-electron chi connectivity index (χ2n) is 4.88. The van der Waals surface area contributed by atoms with E-state index >= 15 is 0 Å². The van der Waals surface area contributed by atoms with Gasteiger partial charge in [-0.3, -0.25) is 0 Å². The first kappa shape index (κ1) is 12.8. The van der Waals surface area contributed by atoms with Crippen molar-refractivity contribution in [1.82, 2.24) is 9.55 Å². The number of nitrogens with zero attached hydrogens (tertiary/aromatic N) is 2. The molecule has 2 aromatic rings. The van der Waals surface area contributed by atoms with Crippen LogP contribution in [0.4, 0.5) is 0 Å². The van der Waals surface area contributed by atoms with Gasteiger partial charge < -0.3 is 10.3 Å². The molecule has 0 aliphatic rings. The predicted octanol–water partition coefficient (Wildman–Crippen LogP) is 2.23. The zero-order valence-corrected chi connectivity index (χ0v) is 11.1. The van der Waals surface area contributed by atoms with Gasteiger partial charge in [0, 0.05) is 31.9 Å². The highest BCUT2D eigenvalue weighted by Gasteiger charge is 2.08. The molecular formula is C15H21N3. The van der Waals surface area contributed by atoms with Crippen LogP contribution in [0.5, 0.6) is 0 Å². The van der Waals surface area contributed by atoms with Crippen LogP contribution in [0.25, 0.3) is 0 Å². The number of hydrogen-bond acceptors (Lipinski definition) is 2. The number of nitrogens with two attached hydrogens (primary N) is 1. The molecule has 2 N–H and O–H groups in total. The first-order valence-corrected chi connectivity index (χ1v) is 6.43. The predicted molar refractivity (Wildman–Crippen MR) is 74.4 cm³/mol. The summed E-state index contributed by atoms with van der Waals surface area (Å²) in [6.07, 6.45) is 6.66. The third-order valence-electron chi connectivity index (χ3n) is 3.40. The minimum atomic E-state index is 0.197. The van der Waals surface area contributed by atoms with Crippen LogP contribution in [-0.4, -0.2) is 15.6 Å². The Kier molecular flexibility index (Phi) is 4.15.